The molecular formula is C24H18N4O. The summed E-state index contributed by atoms with van der Waals surface area (Å²) in [4.78, 5) is 8.52. The molecule has 0 unspecified atom stereocenters. The molecule has 0 fully saturated rings. The van der Waals surface area contributed by atoms with E-state index in [9.17, 15) is 5.26 Å². The average molecular weight is 378 g/mol. The van der Waals surface area contributed by atoms with Gasteiger partial charge in [0.15, 0.2) is 0 Å². The lowest BCUT2D eigenvalue weighted by molar-refractivity contribution is 0.306. The van der Waals surface area contributed by atoms with Gasteiger partial charge in [-0.05, 0) is 41.5 Å². The Morgan fingerprint density at radius 2 is 1.76 bits per heavy atom. The molecule has 0 aliphatic heterocycles. The van der Waals surface area contributed by atoms with E-state index in [1.165, 1.54) is 0 Å². The Morgan fingerprint density at radius 1 is 0.931 bits per heavy atom. The van der Waals surface area contributed by atoms with Crippen LogP contribution in [-0.2, 0) is 6.61 Å². The second-order valence-corrected chi connectivity index (χ2v) is 6.47. The van der Waals surface area contributed by atoms with Gasteiger partial charge in [-0.3, -0.25) is 4.98 Å². The third-order valence-electron chi connectivity index (χ3n) is 4.51. The number of rotatable bonds is 5. The highest BCUT2D eigenvalue weighted by Crippen LogP contribution is 2.32. The third-order valence-corrected chi connectivity index (χ3v) is 4.51. The maximum atomic E-state index is 9.63. The molecule has 2 N–H and O–H groups in total. The highest BCUT2D eigenvalue weighted by atomic mass is 16.5. The summed E-state index contributed by atoms with van der Waals surface area (Å²) in [6.45, 7) is 0.467. The first-order valence-electron chi connectivity index (χ1n) is 9.13. The fourth-order valence-corrected chi connectivity index (χ4v) is 3.07. The van der Waals surface area contributed by atoms with Crippen LogP contribution in [0.3, 0.4) is 0 Å². The van der Waals surface area contributed by atoms with Crippen molar-refractivity contribution in [1.29, 1.82) is 5.26 Å². The SMILES string of the molecule is N#Cc1c(-c2cccc(OCc3ccccc3)c2)cc(-c2cccnc2)nc1N. The predicted molar refractivity (Wildman–Crippen MR) is 113 cm³/mol. The highest BCUT2D eigenvalue weighted by molar-refractivity contribution is 5.80. The average Bonchev–Trinajstić information content (AvgIpc) is 2.78. The van der Waals surface area contributed by atoms with Crippen molar-refractivity contribution in [3.63, 3.8) is 0 Å². The molecule has 140 valence electrons. The Hall–Kier alpha value is -4.17. The van der Waals surface area contributed by atoms with E-state index in [0.717, 1.165) is 16.7 Å². The minimum atomic E-state index is 0.194. The lowest BCUT2D eigenvalue weighted by Gasteiger charge is -2.12. The number of nitriles is 1. The van der Waals surface area contributed by atoms with Gasteiger partial charge in [0.2, 0.25) is 0 Å². The molecule has 0 saturated carbocycles. The molecule has 2 aromatic heterocycles. The summed E-state index contributed by atoms with van der Waals surface area (Å²) in [5.74, 6) is 0.910. The quantitative estimate of drug-likeness (QED) is 0.537. The summed E-state index contributed by atoms with van der Waals surface area (Å²) in [7, 11) is 0. The Labute approximate surface area is 169 Å². The van der Waals surface area contributed by atoms with Gasteiger partial charge in [0, 0.05) is 23.5 Å². The van der Waals surface area contributed by atoms with Gasteiger partial charge in [-0.2, -0.15) is 5.26 Å². The van der Waals surface area contributed by atoms with Crippen LogP contribution in [0.2, 0.25) is 0 Å². The monoisotopic (exact) mass is 378 g/mol. The number of anilines is 1. The maximum absolute atomic E-state index is 9.63. The molecule has 0 aliphatic rings. The zero-order valence-corrected chi connectivity index (χ0v) is 15.6. The van der Waals surface area contributed by atoms with E-state index in [-0.39, 0.29) is 5.82 Å². The predicted octanol–water partition coefficient (Wildman–Crippen LogP) is 4.84. The molecule has 0 radical (unpaired) electrons. The summed E-state index contributed by atoms with van der Waals surface area (Å²) in [5, 5.41) is 9.63. The van der Waals surface area contributed by atoms with Crippen LogP contribution >= 0.6 is 0 Å². The Bertz CT molecular complexity index is 1170. The van der Waals surface area contributed by atoms with E-state index in [4.69, 9.17) is 10.5 Å². The van der Waals surface area contributed by atoms with Crippen molar-refractivity contribution in [2.45, 2.75) is 6.61 Å². The van der Waals surface area contributed by atoms with Gasteiger partial charge >= 0.3 is 0 Å². The molecule has 5 heteroatoms. The highest BCUT2D eigenvalue weighted by Gasteiger charge is 2.14. The van der Waals surface area contributed by atoms with Crippen molar-refractivity contribution in [1.82, 2.24) is 9.97 Å². The van der Waals surface area contributed by atoms with Crippen molar-refractivity contribution >= 4 is 5.82 Å². The van der Waals surface area contributed by atoms with Gasteiger partial charge in [-0.1, -0.05) is 42.5 Å². The first kappa shape index (κ1) is 18.2. The number of benzene rings is 2. The topological polar surface area (TPSA) is 84.8 Å². The van der Waals surface area contributed by atoms with Gasteiger partial charge in [0.1, 0.15) is 29.8 Å². The van der Waals surface area contributed by atoms with Crippen molar-refractivity contribution in [3.8, 4) is 34.2 Å². The van der Waals surface area contributed by atoms with Crippen LogP contribution in [0.1, 0.15) is 11.1 Å². The van der Waals surface area contributed by atoms with Crippen LogP contribution in [0.5, 0.6) is 5.75 Å². The molecule has 0 saturated heterocycles. The lowest BCUT2D eigenvalue weighted by atomic mass is 9.98. The van der Waals surface area contributed by atoms with E-state index in [1.54, 1.807) is 12.4 Å². The van der Waals surface area contributed by atoms with Crippen molar-refractivity contribution < 1.29 is 4.74 Å². The van der Waals surface area contributed by atoms with Gasteiger partial charge < -0.3 is 10.5 Å². The van der Waals surface area contributed by atoms with Crippen molar-refractivity contribution in [2.75, 3.05) is 5.73 Å². The number of nitrogen functional groups attached to an aromatic ring is 1. The first-order chi connectivity index (χ1) is 14.2. The third kappa shape index (κ3) is 4.07. The Kier molecular flexibility index (Phi) is 5.17. The number of nitrogens with zero attached hydrogens (tertiary/aromatic N) is 3. The molecule has 2 aromatic carbocycles. The molecular weight excluding hydrogens is 360 g/mol. The standard InChI is InChI=1S/C24H18N4O/c25-14-22-21(13-23(28-24(22)26)19-9-5-11-27-15-19)18-8-4-10-20(12-18)29-16-17-6-2-1-3-7-17/h1-13,15H,16H2,(H2,26,28). The second kappa shape index (κ2) is 8.24. The fourth-order valence-electron chi connectivity index (χ4n) is 3.07. The van der Waals surface area contributed by atoms with Gasteiger partial charge in [0.05, 0.1) is 5.69 Å². The molecule has 0 spiro atoms. The molecule has 2 heterocycles. The van der Waals surface area contributed by atoms with Crippen LogP contribution in [0.15, 0.2) is 85.2 Å². The summed E-state index contributed by atoms with van der Waals surface area (Å²) in [5.41, 5.74) is 10.6. The number of nitrogens with two attached hydrogens (primary N) is 1. The minimum Gasteiger partial charge on any atom is -0.489 e. The summed E-state index contributed by atoms with van der Waals surface area (Å²) >= 11 is 0. The molecule has 0 aliphatic carbocycles. The second-order valence-electron chi connectivity index (χ2n) is 6.47. The van der Waals surface area contributed by atoms with Crippen LogP contribution in [0.4, 0.5) is 5.82 Å². The van der Waals surface area contributed by atoms with Crippen LogP contribution in [0, 0.1) is 11.3 Å². The molecule has 4 rings (SSSR count). The van der Waals surface area contributed by atoms with Crippen LogP contribution in [-0.4, -0.2) is 9.97 Å². The van der Waals surface area contributed by atoms with Crippen LogP contribution < -0.4 is 10.5 Å². The Balaban J connectivity index is 1.70. The van der Waals surface area contributed by atoms with Crippen molar-refractivity contribution in [3.05, 3.63) is 96.3 Å². The van der Waals surface area contributed by atoms with Gasteiger partial charge in [-0.15, -0.1) is 0 Å². The number of pyridine rings is 2. The molecule has 0 atom stereocenters. The number of hydrogen-bond acceptors (Lipinski definition) is 5. The molecule has 29 heavy (non-hydrogen) atoms. The first-order valence-corrected chi connectivity index (χ1v) is 9.13. The van der Waals surface area contributed by atoms with E-state index >= 15 is 0 Å². The zero-order chi connectivity index (χ0) is 20.1. The summed E-state index contributed by atoms with van der Waals surface area (Å²) in [6.07, 6.45) is 3.42. The number of aromatic nitrogens is 2. The normalized spacial score (nSPS) is 10.3. The molecule has 4 aromatic rings. The maximum Gasteiger partial charge on any atom is 0.142 e. The van der Waals surface area contributed by atoms with E-state index in [1.807, 2.05) is 72.8 Å². The van der Waals surface area contributed by atoms with E-state index in [0.29, 0.717) is 29.2 Å². The summed E-state index contributed by atoms with van der Waals surface area (Å²) < 4.78 is 5.93. The van der Waals surface area contributed by atoms with Gasteiger partial charge in [-0.25, -0.2) is 4.98 Å². The number of hydrogen-bond donors (Lipinski definition) is 1. The fraction of sp³-hybridized carbons (Fsp3) is 0.0417. The van der Waals surface area contributed by atoms with E-state index in [2.05, 4.69) is 16.0 Å². The Morgan fingerprint density at radius 3 is 2.52 bits per heavy atom. The van der Waals surface area contributed by atoms with Crippen LogP contribution in [0.25, 0.3) is 22.4 Å². The van der Waals surface area contributed by atoms with Gasteiger partial charge in [0.25, 0.3) is 0 Å². The van der Waals surface area contributed by atoms with Crippen molar-refractivity contribution in [2.24, 2.45) is 0 Å². The zero-order valence-electron chi connectivity index (χ0n) is 15.6. The minimum absolute atomic E-state index is 0.194. The van der Waals surface area contributed by atoms with E-state index < -0.39 is 0 Å². The molecule has 0 bridgehead atoms. The number of ether oxygens (including phenoxy) is 1. The smallest absolute Gasteiger partial charge is 0.142 e. The lowest BCUT2D eigenvalue weighted by Crippen LogP contribution is -2.00. The largest absolute Gasteiger partial charge is 0.489 e. The molecule has 5 nitrogen and oxygen atoms in total. The summed E-state index contributed by atoms with van der Waals surface area (Å²) in [6, 6.07) is 25.4. The molecule has 0 amide bonds.